The van der Waals surface area contributed by atoms with E-state index < -0.39 is 21.9 Å². The van der Waals surface area contributed by atoms with Gasteiger partial charge < -0.3 is 14.8 Å². The Morgan fingerprint density at radius 1 is 1.03 bits per heavy atom. The minimum atomic E-state index is -3.99. The monoisotopic (exact) mass is 474 g/mol. The molecule has 2 aromatic carbocycles. The molecule has 0 unspecified atom stereocenters. The number of carbonyl (C=O) groups is 2. The van der Waals surface area contributed by atoms with E-state index in [0.717, 1.165) is 24.8 Å². The van der Waals surface area contributed by atoms with E-state index in [9.17, 15) is 18.0 Å². The number of ether oxygens (including phenoxy) is 2. The van der Waals surface area contributed by atoms with Crippen LogP contribution >= 0.6 is 0 Å². The maximum absolute atomic E-state index is 13.7. The molecule has 1 fully saturated rings. The lowest BCUT2D eigenvalue weighted by Crippen LogP contribution is -2.45. The normalized spacial score (nSPS) is 14.7. The first-order valence-corrected chi connectivity index (χ1v) is 12.3. The van der Waals surface area contributed by atoms with Gasteiger partial charge in [-0.05, 0) is 61.7 Å². The van der Waals surface area contributed by atoms with Gasteiger partial charge in [-0.3, -0.25) is 4.79 Å². The second-order valence-corrected chi connectivity index (χ2v) is 9.97. The Kier molecular flexibility index (Phi) is 8.10. The van der Waals surface area contributed by atoms with Crippen LogP contribution in [0.5, 0.6) is 5.75 Å². The summed E-state index contributed by atoms with van der Waals surface area (Å²) in [5.41, 5.74) is 1.60. The highest BCUT2D eigenvalue weighted by Gasteiger charge is 2.35. The number of anilines is 1. The van der Waals surface area contributed by atoms with Crippen molar-refractivity contribution in [2.75, 3.05) is 26.1 Å². The summed E-state index contributed by atoms with van der Waals surface area (Å²) in [6.07, 6.45) is 4.29. The van der Waals surface area contributed by atoms with Crippen LogP contribution in [0.15, 0.2) is 47.4 Å². The molecule has 2 aromatic rings. The fourth-order valence-corrected chi connectivity index (χ4v) is 5.92. The van der Waals surface area contributed by atoms with Gasteiger partial charge in [-0.25, -0.2) is 13.2 Å². The first kappa shape index (κ1) is 24.7. The topological polar surface area (TPSA) is 102 Å². The first-order valence-electron chi connectivity index (χ1n) is 10.9. The number of nitrogens with zero attached hydrogens (tertiary/aromatic N) is 1. The van der Waals surface area contributed by atoms with Crippen molar-refractivity contribution in [2.24, 2.45) is 0 Å². The van der Waals surface area contributed by atoms with Gasteiger partial charge in [-0.15, -0.1) is 0 Å². The summed E-state index contributed by atoms with van der Waals surface area (Å²) in [5, 5.41) is 2.73. The van der Waals surface area contributed by atoms with Crippen LogP contribution in [0.1, 0.15) is 48.0 Å². The molecule has 1 aliphatic carbocycles. The van der Waals surface area contributed by atoms with E-state index in [1.54, 1.807) is 30.3 Å². The van der Waals surface area contributed by atoms with Crippen molar-refractivity contribution >= 4 is 27.6 Å². The molecule has 1 saturated carbocycles. The Hall–Kier alpha value is -2.91. The minimum Gasteiger partial charge on any atom is -0.495 e. The summed E-state index contributed by atoms with van der Waals surface area (Å²) in [6, 6.07) is 11.0. The quantitative estimate of drug-likeness (QED) is 0.585. The van der Waals surface area contributed by atoms with Crippen LogP contribution in [0.3, 0.4) is 0 Å². The van der Waals surface area contributed by atoms with Crippen LogP contribution < -0.4 is 10.1 Å². The zero-order valence-corrected chi connectivity index (χ0v) is 20.0. The summed E-state index contributed by atoms with van der Waals surface area (Å²) >= 11 is 0. The second-order valence-electron chi connectivity index (χ2n) is 8.11. The Morgan fingerprint density at radius 3 is 2.30 bits per heavy atom. The molecule has 178 valence electrons. The third kappa shape index (κ3) is 5.91. The summed E-state index contributed by atoms with van der Waals surface area (Å²) < 4.78 is 38.7. The predicted molar refractivity (Wildman–Crippen MR) is 125 cm³/mol. The number of carbonyl (C=O) groups excluding carboxylic acids is 2. The van der Waals surface area contributed by atoms with E-state index in [4.69, 9.17) is 4.74 Å². The number of amides is 1. The third-order valence-corrected chi connectivity index (χ3v) is 7.70. The molecule has 0 aliphatic heterocycles. The molecule has 0 saturated heterocycles. The van der Waals surface area contributed by atoms with Gasteiger partial charge in [-0.2, -0.15) is 4.31 Å². The highest BCUT2D eigenvalue weighted by molar-refractivity contribution is 7.89. The number of rotatable bonds is 8. The number of hydrogen-bond donors (Lipinski definition) is 1. The SMILES string of the molecule is COC(=O)c1ccc(NC(=O)CN(C2CCCCC2)S(=O)(=O)c2cc(C)ccc2OC)cc1. The molecule has 0 aromatic heterocycles. The zero-order valence-electron chi connectivity index (χ0n) is 19.2. The molecule has 0 atom stereocenters. The fraction of sp³-hybridized carbons (Fsp3) is 0.417. The van der Waals surface area contributed by atoms with Crippen molar-refractivity contribution in [1.29, 1.82) is 0 Å². The van der Waals surface area contributed by atoms with E-state index in [2.05, 4.69) is 10.1 Å². The molecule has 1 amide bonds. The van der Waals surface area contributed by atoms with Crippen molar-refractivity contribution in [1.82, 2.24) is 4.31 Å². The molecule has 8 nitrogen and oxygen atoms in total. The standard InChI is InChI=1S/C24H30N2O6S/c1-17-9-14-21(31-2)22(15-17)33(29,30)26(20-7-5-4-6-8-20)16-23(27)25-19-12-10-18(11-13-19)24(28)32-3/h9-15,20H,4-8,16H2,1-3H3,(H,25,27). The molecule has 1 N–H and O–H groups in total. The Balaban J connectivity index is 1.86. The number of esters is 1. The van der Waals surface area contributed by atoms with E-state index in [-0.39, 0.29) is 23.2 Å². The molecule has 3 rings (SSSR count). The van der Waals surface area contributed by atoms with Gasteiger partial charge in [0.05, 0.1) is 26.3 Å². The van der Waals surface area contributed by atoms with Crippen molar-refractivity contribution in [3.05, 3.63) is 53.6 Å². The largest absolute Gasteiger partial charge is 0.495 e. The highest BCUT2D eigenvalue weighted by Crippen LogP contribution is 2.32. The number of sulfonamides is 1. The first-order chi connectivity index (χ1) is 15.8. The summed E-state index contributed by atoms with van der Waals surface area (Å²) in [5.74, 6) is -0.684. The lowest BCUT2D eigenvalue weighted by Gasteiger charge is -2.33. The molecule has 1 aliphatic rings. The van der Waals surface area contributed by atoms with Gasteiger partial charge in [0, 0.05) is 11.7 Å². The Bertz CT molecular complexity index is 1090. The molecule has 0 radical (unpaired) electrons. The van der Waals surface area contributed by atoms with E-state index in [1.807, 2.05) is 6.92 Å². The van der Waals surface area contributed by atoms with Crippen molar-refractivity contribution in [3.8, 4) is 5.75 Å². The minimum absolute atomic E-state index is 0.0609. The van der Waals surface area contributed by atoms with Crippen LogP contribution in [-0.2, 0) is 19.6 Å². The summed E-state index contributed by atoms with van der Waals surface area (Å²) in [6.45, 7) is 1.50. The van der Waals surface area contributed by atoms with Crippen molar-refractivity contribution < 1.29 is 27.5 Å². The average molecular weight is 475 g/mol. The smallest absolute Gasteiger partial charge is 0.337 e. The maximum Gasteiger partial charge on any atom is 0.337 e. The molecular weight excluding hydrogens is 444 g/mol. The van der Waals surface area contributed by atoms with Crippen molar-refractivity contribution in [3.63, 3.8) is 0 Å². The summed E-state index contributed by atoms with van der Waals surface area (Å²) in [4.78, 5) is 24.6. The number of nitrogens with one attached hydrogen (secondary N) is 1. The van der Waals surface area contributed by atoms with Crippen molar-refractivity contribution in [2.45, 2.75) is 50.0 Å². The van der Waals surface area contributed by atoms with Gasteiger partial charge in [-0.1, -0.05) is 25.3 Å². The van der Waals surface area contributed by atoms with E-state index in [0.29, 0.717) is 24.1 Å². The number of benzene rings is 2. The van der Waals surface area contributed by atoms with Gasteiger partial charge in [0.25, 0.3) is 0 Å². The van der Waals surface area contributed by atoms with Crippen LogP contribution in [0.2, 0.25) is 0 Å². The lowest BCUT2D eigenvalue weighted by molar-refractivity contribution is -0.116. The molecule has 0 spiro atoms. The van der Waals surface area contributed by atoms with Crippen LogP contribution in [0.25, 0.3) is 0 Å². The van der Waals surface area contributed by atoms with Gasteiger partial charge >= 0.3 is 5.97 Å². The predicted octanol–water partition coefficient (Wildman–Crippen LogP) is 3.75. The highest BCUT2D eigenvalue weighted by atomic mass is 32.2. The molecule has 33 heavy (non-hydrogen) atoms. The van der Waals surface area contributed by atoms with E-state index >= 15 is 0 Å². The molecule has 0 heterocycles. The third-order valence-electron chi connectivity index (χ3n) is 5.78. The number of aryl methyl sites for hydroxylation is 1. The molecule has 0 bridgehead atoms. The van der Waals surface area contributed by atoms with Crippen LogP contribution in [0, 0.1) is 6.92 Å². The van der Waals surface area contributed by atoms with Crippen LogP contribution in [0.4, 0.5) is 5.69 Å². The number of hydrogen-bond acceptors (Lipinski definition) is 6. The maximum atomic E-state index is 13.7. The van der Waals surface area contributed by atoms with Gasteiger partial charge in [0.1, 0.15) is 10.6 Å². The number of methoxy groups -OCH3 is 2. The molecule has 9 heteroatoms. The lowest BCUT2D eigenvalue weighted by atomic mass is 9.95. The van der Waals surface area contributed by atoms with Gasteiger partial charge in [0.15, 0.2) is 0 Å². The Labute approximate surface area is 194 Å². The zero-order chi connectivity index (χ0) is 24.0. The fourth-order valence-electron chi connectivity index (χ4n) is 4.04. The molecular formula is C24H30N2O6S. The van der Waals surface area contributed by atoms with E-state index in [1.165, 1.54) is 30.7 Å². The van der Waals surface area contributed by atoms with Crippen LogP contribution in [-0.4, -0.2) is 51.4 Å². The Morgan fingerprint density at radius 2 is 1.70 bits per heavy atom. The summed E-state index contributed by atoms with van der Waals surface area (Å²) in [7, 11) is -1.27. The second kappa shape index (κ2) is 10.8. The van der Waals surface area contributed by atoms with Gasteiger partial charge in [0.2, 0.25) is 15.9 Å². The average Bonchev–Trinajstić information content (AvgIpc) is 2.83.